The summed E-state index contributed by atoms with van der Waals surface area (Å²) < 4.78 is 0. The molecule has 2 aromatic carbocycles. The van der Waals surface area contributed by atoms with Crippen LogP contribution in [0.1, 0.15) is 31.0 Å². The molecule has 0 fully saturated rings. The van der Waals surface area contributed by atoms with E-state index in [9.17, 15) is 4.79 Å². The third-order valence-electron chi connectivity index (χ3n) is 3.62. The van der Waals surface area contributed by atoms with Gasteiger partial charge in [0.15, 0.2) is 6.04 Å². The molecule has 0 aromatic heterocycles. The van der Waals surface area contributed by atoms with Gasteiger partial charge < -0.3 is 10.6 Å². The number of hydrogen-bond donors (Lipinski definition) is 2. The smallest absolute Gasteiger partial charge is 0.282 e. The van der Waals surface area contributed by atoms with E-state index in [2.05, 4.69) is 30.4 Å². The molecule has 4 heteroatoms. The lowest BCUT2D eigenvalue weighted by molar-refractivity contribution is -0.709. The molecule has 0 bridgehead atoms. The third kappa shape index (κ3) is 3.94. The van der Waals surface area contributed by atoms with Crippen molar-refractivity contribution >= 4 is 11.6 Å². The number of nitrogens with zero attached hydrogens (tertiary/aromatic N) is 1. The average Bonchev–Trinajstić information content (AvgIpc) is 2.56. The van der Waals surface area contributed by atoms with E-state index in [-0.39, 0.29) is 18.0 Å². The molecule has 0 saturated heterocycles. The summed E-state index contributed by atoms with van der Waals surface area (Å²) in [6.45, 7) is 3.94. The first-order valence-corrected chi connectivity index (χ1v) is 7.31. The zero-order valence-electron chi connectivity index (χ0n) is 12.8. The summed E-state index contributed by atoms with van der Waals surface area (Å²) in [5.41, 5.74) is 2.21. The average molecular weight is 294 g/mol. The fraction of sp³-hybridized carbons (Fsp3) is 0.222. The second-order valence-electron chi connectivity index (χ2n) is 5.33. The zero-order valence-corrected chi connectivity index (χ0v) is 12.8. The van der Waals surface area contributed by atoms with Gasteiger partial charge in [0, 0.05) is 5.56 Å². The highest BCUT2D eigenvalue weighted by atomic mass is 16.2. The van der Waals surface area contributed by atoms with Crippen molar-refractivity contribution in [2.45, 2.75) is 25.9 Å². The SMILES string of the molecule is C[C@H]([NH2+][C@H](C)c1ccccc1)C(=O)Nc1ccccc1C#N. The van der Waals surface area contributed by atoms with Crippen LogP contribution in [0.3, 0.4) is 0 Å². The number of nitriles is 1. The van der Waals surface area contributed by atoms with Gasteiger partial charge in [-0.15, -0.1) is 0 Å². The van der Waals surface area contributed by atoms with Crippen molar-refractivity contribution in [1.29, 1.82) is 5.26 Å². The normalized spacial score (nSPS) is 13.0. The fourth-order valence-corrected chi connectivity index (χ4v) is 2.32. The molecule has 112 valence electrons. The molecule has 0 saturated carbocycles. The predicted molar refractivity (Wildman–Crippen MR) is 86.0 cm³/mol. The minimum Gasteiger partial charge on any atom is -0.330 e. The Kier molecular flexibility index (Phi) is 5.29. The van der Waals surface area contributed by atoms with Crippen LogP contribution in [0.5, 0.6) is 0 Å². The van der Waals surface area contributed by atoms with Gasteiger partial charge in [0.1, 0.15) is 12.1 Å². The van der Waals surface area contributed by atoms with Crippen molar-refractivity contribution in [2.24, 2.45) is 0 Å². The topological polar surface area (TPSA) is 69.5 Å². The van der Waals surface area contributed by atoms with Gasteiger partial charge in [-0.25, -0.2) is 0 Å². The van der Waals surface area contributed by atoms with Crippen LogP contribution in [-0.2, 0) is 4.79 Å². The Morgan fingerprint density at radius 2 is 1.73 bits per heavy atom. The lowest BCUT2D eigenvalue weighted by Gasteiger charge is -2.17. The number of para-hydroxylation sites is 1. The summed E-state index contributed by atoms with van der Waals surface area (Å²) in [4.78, 5) is 12.3. The van der Waals surface area contributed by atoms with E-state index in [0.29, 0.717) is 11.3 Å². The predicted octanol–water partition coefficient (Wildman–Crippen LogP) is 2.21. The number of benzene rings is 2. The monoisotopic (exact) mass is 294 g/mol. The molecule has 0 aliphatic carbocycles. The van der Waals surface area contributed by atoms with Gasteiger partial charge in [0.2, 0.25) is 0 Å². The number of hydrogen-bond acceptors (Lipinski definition) is 2. The van der Waals surface area contributed by atoms with Gasteiger partial charge in [0.05, 0.1) is 11.3 Å². The summed E-state index contributed by atoms with van der Waals surface area (Å²) in [5.74, 6) is -0.106. The maximum Gasteiger partial charge on any atom is 0.282 e. The number of quaternary nitrogens is 1. The molecule has 0 radical (unpaired) electrons. The van der Waals surface area contributed by atoms with Crippen molar-refractivity contribution in [3.63, 3.8) is 0 Å². The number of carbonyl (C=O) groups excluding carboxylic acids is 1. The van der Waals surface area contributed by atoms with Crippen LogP contribution < -0.4 is 10.6 Å². The second kappa shape index (κ2) is 7.39. The second-order valence-corrected chi connectivity index (χ2v) is 5.33. The first kappa shape index (κ1) is 15.7. The number of carbonyl (C=O) groups is 1. The van der Waals surface area contributed by atoms with E-state index >= 15 is 0 Å². The minimum absolute atomic E-state index is 0.106. The maximum atomic E-state index is 12.3. The van der Waals surface area contributed by atoms with Gasteiger partial charge >= 0.3 is 0 Å². The van der Waals surface area contributed by atoms with Crippen molar-refractivity contribution < 1.29 is 10.1 Å². The molecule has 2 rings (SSSR count). The first-order valence-electron chi connectivity index (χ1n) is 7.31. The summed E-state index contributed by atoms with van der Waals surface area (Å²) in [6, 6.07) is 19.1. The fourth-order valence-electron chi connectivity index (χ4n) is 2.32. The number of nitrogens with two attached hydrogens (primary N) is 1. The zero-order chi connectivity index (χ0) is 15.9. The molecule has 0 aliphatic rings. The number of amides is 1. The highest BCUT2D eigenvalue weighted by Crippen LogP contribution is 2.13. The van der Waals surface area contributed by atoms with Crippen molar-refractivity contribution in [3.05, 3.63) is 65.7 Å². The summed E-state index contributed by atoms with van der Waals surface area (Å²) in [5, 5.41) is 13.9. The standard InChI is InChI=1S/C18H19N3O/c1-13(15-8-4-3-5-9-15)20-14(2)18(22)21-17-11-7-6-10-16(17)12-19/h3-11,13-14,20H,1-2H3,(H,21,22)/p+1/t13-,14+/m1/s1. The summed E-state index contributed by atoms with van der Waals surface area (Å²) in [6.07, 6.45) is 0. The minimum atomic E-state index is -0.248. The highest BCUT2D eigenvalue weighted by molar-refractivity contribution is 5.94. The molecule has 22 heavy (non-hydrogen) atoms. The molecule has 2 atom stereocenters. The summed E-state index contributed by atoms with van der Waals surface area (Å²) in [7, 11) is 0. The van der Waals surface area contributed by atoms with Crippen LogP contribution in [0, 0.1) is 11.3 Å². The maximum absolute atomic E-state index is 12.3. The molecule has 0 heterocycles. The number of anilines is 1. The van der Waals surface area contributed by atoms with E-state index in [1.54, 1.807) is 24.3 Å². The van der Waals surface area contributed by atoms with E-state index in [1.807, 2.05) is 30.4 Å². The van der Waals surface area contributed by atoms with Crippen LogP contribution in [0.25, 0.3) is 0 Å². The molecule has 0 aliphatic heterocycles. The molecular weight excluding hydrogens is 274 g/mol. The Labute approximate surface area is 130 Å². The first-order chi connectivity index (χ1) is 10.6. The Hall–Kier alpha value is -2.64. The quantitative estimate of drug-likeness (QED) is 0.887. The largest absolute Gasteiger partial charge is 0.330 e. The Morgan fingerprint density at radius 3 is 2.41 bits per heavy atom. The van der Waals surface area contributed by atoms with Crippen molar-refractivity contribution in [3.8, 4) is 6.07 Å². The van der Waals surface area contributed by atoms with Gasteiger partial charge in [-0.3, -0.25) is 4.79 Å². The number of nitrogens with one attached hydrogen (secondary N) is 1. The lowest BCUT2D eigenvalue weighted by atomic mass is 10.1. The lowest BCUT2D eigenvalue weighted by Crippen LogP contribution is -2.91. The molecule has 2 aromatic rings. The van der Waals surface area contributed by atoms with Crippen LogP contribution in [0.2, 0.25) is 0 Å². The Morgan fingerprint density at radius 1 is 1.09 bits per heavy atom. The van der Waals surface area contributed by atoms with Crippen LogP contribution in [0.4, 0.5) is 5.69 Å². The molecule has 1 amide bonds. The van der Waals surface area contributed by atoms with Gasteiger partial charge in [0.25, 0.3) is 5.91 Å². The van der Waals surface area contributed by atoms with E-state index in [0.717, 1.165) is 0 Å². The Balaban J connectivity index is 1.99. The van der Waals surface area contributed by atoms with Crippen molar-refractivity contribution in [2.75, 3.05) is 5.32 Å². The molecule has 4 nitrogen and oxygen atoms in total. The van der Waals surface area contributed by atoms with E-state index in [1.165, 1.54) is 5.56 Å². The highest BCUT2D eigenvalue weighted by Gasteiger charge is 2.20. The summed E-state index contributed by atoms with van der Waals surface area (Å²) >= 11 is 0. The van der Waals surface area contributed by atoms with Gasteiger partial charge in [-0.2, -0.15) is 5.26 Å². The van der Waals surface area contributed by atoms with Gasteiger partial charge in [-0.05, 0) is 26.0 Å². The molecule has 0 unspecified atom stereocenters. The van der Waals surface area contributed by atoms with E-state index in [4.69, 9.17) is 5.26 Å². The Bertz CT molecular complexity index is 676. The van der Waals surface area contributed by atoms with E-state index < -0.39 is 0 Å². The molecule has 3 N–H and O–H groups in total. The van der Waals surface area contributed by atoms with Gasteiger partial charge in [-0.1, -0.05) is 42.5 Å². The number of rotatable bonds is 5. The van der Waals surface area contributed by atoms with Crippen LogP contribution in [-0.4, -0.2) is 11.9 Å². The van der Waals surface area contributed by atoms with Crippen LogP contribution in [0.15, 0.2) is 54.6 Å². The van der Waals surface area contributed by atoms with Crippen molar-refractivity contribution in [1.82, 2.24) is 0 Å². The molecular formula is C18H20N3O+. The van der Waals surface area contributed by atoms with Crippen LogP contribution >= 0.6 is 0 Å². The molecule has 0 spiro atoms. The third-order valence-corrected chi connectivity index (χ3v) is 3.62.